The maximum Gasteiger partial charge on any atom is 0.256 e. The van der Waals surface area contributed by atoms with Crippen molar-refractivity contribution < 1.29 is 19.0 Å². The smallest absolute Gasteiger partial charge is 0.256 e. The molecule has 1 aromatic heterocycles. The summed E-state index contributed by atoms with van der Waals surface area (Å²) in [5.74, 6) is 1.55. The second kappa shape index (κ2) is 10.1. The number of morpholine rings is 1. The average molecular weight is 496 g/mol. The minimum absolute atomic E-state index is 0.104. The third-order valence-corrected chi connectivity index (χ3v) is 6.92. The molecule has 7 heteroatoms. The SMILES string of the molecule is COc1ccc(-c2ccc3c(c2)NC(=O)C3=Cc2cc3cc(OCCN4CCOCC4)ccc3[nH]2)cc1. The van der Waals surface area contributed by atoms with Crippen molar-refractivity contribution in [2.24, 2.45) is 0 Å². The molecular formula is C30H29N3O4. The van der Waals surface area contributed by atoms with Crippen LogP contribution >= 0.6 is 0 Å². The van der Waals surface area contributed by atoms with Gasteiger partial charge in [-0.2, -0.15) is 0 Å². The Balaban J connectivity index is 1.19. The van der Waals surface area contributed by atoms with Crippen LogP contribution in [0.4, 0.5) is 5.69 Å². The fraction of sp³-hybridized carbons (Fsp3) is 0.233. The highest BCUT2D eigenvalue weighted by Gasteiger charge is 2.24. The molecule has 7 nitrogen and oxygen atoms in total. The number of amides is 1. The molecule has 0 aliphatic carbocycles. The number of methoxy groups -OCH3 is 1. The van der Waals surface area contributed by atoms with Crippen LogP contribution in [0.15, 0.2) is 66.7 Å². The molecule has 1 fully saturated rings. The molecule has 0 spiro atoms. The van der Waals surface area contributed by atoms with E-state index in [0.29, 0.717) is 12.2 Å². The lowest BCUT2D eigenvalue weighted by atomic mass is 10.00. The Bertz CT molecular complexity index is 1470. The highest BCUT2D eigenvalue weighted by molar-refractivity contribution is 6.35. The van der Waals surface area contributed by atoms with E-state index in [0.717, 1.165) is 83.3 Å². The van der Waals surface area contributed by atoms with Crippen LogP contribution in [0.3, 0.4) is 0 Å². The van der Waals surface area contributed by atoms with E-state index in [-0.39, 0.29) is 5.91 Å². The number of rotatable bonds is 7. The summed E-state index contributed by atoms with van der Waals surface area (Å²) < 4.78 is 16.7. The summed E-state index contributed by atoms with van der Waals surface area (Å²) in [6.07, 6.45) is 1.91. The van der Waals surface area contributed by atoms with Crippen molar-refractivity contribution in [2.45, 2.75) is 0 Å². The van der Waals surface area contributed by atoms with E-state index in [9.17, 15) is 4.79 Å². The molecule has 0 saturated carbocycles. The fourth-order valence-corrected chi connectivity index (χ4v) is 4.87. The molecule has 4 aromatic rings. The number of fused-ring (bicyclic) bond motifs is 2. The van der Waals surface area contributed by atoms with Crippen LogP contribution in [0, 0.1) is 0 Å². The van der Waals surface area contributed by atoms with Gasteiger partial charge in [0.25, 0.3) is 5.91 Å². The molecule has 0 atom stereocenters. The predicted molar refractivity (Wildman–Crippen MR) is 146 cm³/mol. The van der Waals surface area contributed by atoms with Crippen molar-refractivity contribution in [3.8, 4) is 22.6 Å². The van der Waals surface area contributed by atoms with E-state index in [1.54, 1.807) is 7.11 Å². The Labute approximate surface area is 215 Å². The molecule has 1 saturated heterocycles. The third kappa shape index (κ3) is 4.96. The van der Waals surface area contributed by atoms with E-state index >= 15 is 0 Å². The largest absolute Gasteiger partial charge is 0.497 e. The number of ether oxygens (including phenoxy) is 3. The van der Waals surface area contributed by atoms with Crippen molar-refractivity contribution >= 4 is 34.1 Å². The maximum atomic E-state index is 12.8. The maximum absolute atomic E-state index is 12.8. The monoisotopic (exact) mass is 495 g/mol. The van der Waals surface area contributed by atoms with E-state index in [4.69, 9.17) is 14.2 Å². The summed E-state index contributed by atoms with van der Waals surface area (Å²) in [5.41, 5.74) is 6.33. The minimum Gasteiger partial charge on any atom is -0.497 e. The van der Waals surface area contributed by atoms with E-state index in [1.807, 2.05) is 72.8 Å². The Hall–Kier alpha value is -4.07. The molecule has 1 amide bonds. The lowest BCUT2D eigenvalue weighted by Gasteiger charge is -2.26. The van der Waals surface area contributed by atoms with Crippen molar-refractivity contribution in [1.82, 2.24) is 9.88 Å². The molecule has 2 aliphatic rings. The average Bonchev–Trinajstić information content (AvgIpc) is 3.48. The van der Waals surface area contributed by atoms with Gasteiger partial charge in [0.2, 0.25) is 0 Å². The zero-order chi connectivity index (χ0) is 25.2. The van der Waals surface area contributed by atoms with Crippen LogP contribution in [0.1, 0.15) is 11.3 Å². The number of nitrogens with one attached hydrogen (secondary N) is 2. The van der Waals surface area contributed by atoms with Gasteiger partial charge in [-0.05, 0) is 59.7 Å². The van der Waals surface area contributed by atoms with Gasteiger partial charge in [0.05, 0.1) is 25.9 Å². The Morgan fingerprint density at radius 2 is 1.73 bits per heavy atom. The summed E-state index contributed by atoms with van der Waals surface area (Å²) in [6.45, 7) is 5.03. The minimum atomic E-state index is -0.104. The number of carbonyl (C=O) groups is 1. The van der Waals surface area contributed by atoms with Gasteiger partial charge in [-0.15, -0.1) is 0 Å². The molecule has 0 unspecified atom stereocenters. The molecule has 188 valence electrons. The topological polar surface area (TPSA) is 75.8 Å². The van der Waals surface area contributed by atoms with Crippen LogP contribution in [0.2, 0.25) is 0 Å². The molecule has 37 heavy (non-hydrogen) atoms. The van der Waals surface area contributed by atoms with Gasteiger partial charge in [-0.3, -0.25) is 9.69 Å². The quantitative estimate of drug-likeness (QED) is 0.351. The van der Waals surface area contributed by atoms with Crippen LogP contribution in [-0.4, -0.2) is 62.4 Å². The standard InChI is InChI=1S/C30H29N3O4/c1-35-24-5-2-20(3-6-24)21-4-8-26-27(30(34)32-29(26)18-21)19-23-16-22-17-25(7-9-28(22)31-23)37-15-12-33-10-13-36-14-11-33/h2-9,16-19,31H,10-15H2,1H3,(H,32,34). The number of hydrogen-bond acceptors (Lipinski definition) is 5. The highest BCUT2D eigenvalue weighted by Crippen LogP contribution is 2.37. The van der Waals surface area contributed by atoms with E-state index in [1.165, 1.54) is 0 Å². The van der Waals surface area contributed by atoms with Gasteiger partial charge in [0.1, 0.15) is 18.1 Å². The Morgan fingerprint density at radius 3 is 2.54 bits per heavy atom. The van der Waals surface area contributed by atoms with Gasteiger partial charge in [0, 0.05) is 47.5 Å². The number of carbonyl (C=O) groups excluding carboxylic acids is 1. The fourth-order valence-electron chi connectivity index (χ4n) is 4.87. The number of nitrogens with zero attached hydrogens (tertiary/aromatic N) is 1. The second-order valence-electron chi connectivity index (χ2n) is 9.28. The normalized spacial score (nSPS) is 16.7. The Morgan fingerprint density at radius 1 is 0.946 bits per heavy atom. The summed E-state index contributed by atoms with van der Waals surface area (Å²) >= 11 is 0. The van der Waals surface area contributed by atoms with Gasteiger partial charge in [-0.1, -0.05) is 24.3 Å². The number of hydrogen-bond donors (Lipinski definition) is 2. The lowest BCUT2D eigenvalue weighted by Crippen LogP contribution is -2.38. The van der Waals surface area contributed by atoms with Gasteiger partial charge >= 0.3 is 0 Å². The number of aromatic amines is 1. The second-order valence-corrected chi connectivity index (χ2v) is 9.28. The third-order valence-electron chi connectivity index (χ3n) is 6.92. The zero-order valence-corrected chi connectivity index (χ0v) is 20.8. The van der Waals surface area contributed by atoms with Crippen molar-refractivity contribution in [2.75, 3.05) is 51.9 Å². The molecule has 6 rings (SSSR count). The zero-order valence-electron chi connectivity index (χ0n) is 20.8. The number of benzene rings is 3. The molecular weight excluding hydrogens is 466 g/mol. The lowest BCUT2D eigenvalue weighted by molar-refractivity contribution is -0.110. The highest BCUT2D eigenvalue weighted by atomic mass is 16.5. The number of anilines is 1. The van der Waals surface area contributed by atoms with Crippen molar-refractivity contribution in [1.29, 1.82) is 0 Å². The molecule has 2 aliphatic heterocycles. The van der Waals surface area contributed by atoms with Crippen molar-refractivity contribution in [3.05, 3.63) is 78.0 Å². The van der Waals surface area contributed by atoms with E-state index < -0.39 is 0 Å². The summed E-state index contributed by atoms with van der Waals surface area (Å²) in [5, 5.41) is 4.06. The number of H-pyrrole nitrogens is 1. The summed E-state index contributed by atoms with van der Waals surface area (Å²) in [4.78, 5) is 18.6. The Kier molecular flexibility index (Phi) is 6.39. The van der Waals surface area contributed by atoms with Crippen LogP contribution in [-0.2, 0) is 9.53 Å². The molecule has 3 heterocycles. The first-order chi connectivity index (χ1) is 18.2. The first-order valence-electron chi connectivity index (χ1n) is 12.5. The number of aromatic nitrogens is 1. The van der Waals surface area contributed by atoms with Crippen LogP contribution < -0.4 is 14.8 Å². The van der Waals surface area contributed by atoms with Crippen LogP contribution in [0.25, 0.3) is 33.7 Å². The predicted octanol–water partition coefficient (Wildman–Crippen LogP) is 5.05. The first-order valence-corrected chi connectivity index (χ1v) is 12.5. The van der Waals surface area contributed by atoms with E-state index in [2.05, 4.69) is 15.2 Å². The van der Waals surface area contributed by atoms with Gasteiger partial charge in [0.15, 0.2) is 0 Å². The summed E-state index contributed by atoms with van der Waals surface area (Å²) in [7, 11) is 1.65. The van der Waals surface area contributed by atoms with Crippen LogP contribution in [0.5, 0.6) is 11.5 Å². The van der Waals surface area contributed by atoms with Crippen molar-refractivity contribution in [3.63, 3.8) is 0 Å². The molecule has 3 aromatic carbocycles. The molecule has 0 bridgehead atoms. The molecule has 0 radical (unpaired) electrons. The molecule has 2 N–H and O–H groups in total. The summed E-state index contributed by atoms with van der Waals surface area (Å²) in [6, 6.07) is 22.0. The van der Waals surface area contributed by atoms with Gasteiger partial charge < -0.3 is 24.5 Å². The van der Waals surface area contributed by atoms with Gasteiger partial charge in [-0.25, -0.2) is 0 Å². The first kappa shape index (κ1) is 23.3.